The van der Waals surface area contributed by atoms with Crippen LogP contribution in [0.25, 0.3) is 21.8 Å². The minimum atomic E-state index is -1.27. The molecule has 0 fully saturated rings. The fourth-order valence-electron chi connectivity index (χ4n) is 3.55. The average molecular weight is 402 g/mol. The topological polar surface area (TPSA) is 109 Å². The molecule has 1 atom stereocenters. The van der Waals surface area contributed by atoms with Gasteiger partial charge in [0.1, 0.15) is 12.3 Å². The second kappa shape index (κ2) is 7.71. The Hall–Kier alpha value is -4.13. The molecule has 0 saturated heterocycles. The van der Waals surface area contributed by atoms with Gasteiger partial charge in [-0.05, 0) is 42.0 Å². The van der Waals surface area contributed by atoms with Crippen molar-refractivity contribution < 1.29 is 19.8 Å². The van der Waals surface area contributed by atoms with Gasteiger partial charge in [-0.3, -0.25) is 9.59 Å². The van der Waals surface area contributed by atoms with E-state index in [1.54, 1.807) is 53.1 Å². The third-order valence-electron chi connectivity index (χ3n) is 4.96. The van der Waals surface area contributed by atoms with E-state index in [0.717, 1.165) is 0 Å². The van der Waals surface area contributed by atoms with E-state index in [-0.39, 0.29) is 17.7 Å². The summed E-state index contributed by atoms with van der Waals surface area (Å²) in [6.07, 6.45) is 0. The molecule has 0 spiro atoms. The Bertz CT molecular complexity index is 1270. The zero-order valence-electron chi connectivity index (χ0n) is 15.8. The first-order chi connectivity index (χ1) is 14.5. The van der Waals surface area contributed by atoms with Crippen molar-refractivity contribution in [1.29, 1.82) is 0 Å². The van der Waals surface area contributed by atoms with E-state index in [4.69, 9.17) is 0 Å². The molecule has 0 radical (unpaired) electrons. The average Bonchev–Trinajstić information content (AvgIpc) is 2.75. The van der Waals surface area contributed by atoms with Gasteiger partial charge in [0.25, 0.3) is 0 Å². The smallest absolute Gasteiger partial charge is 0.330 e. The summed E-state index contributed by atoms with van der Waals surface area (Å²) < 4.78 is 1.71. The Morgan fingerprint density at radius 3 is 1.93 bits per heavy atom. The van der Waals surface area contributed by atoms with Crippen molar-refractivity contribution in [2.24, 2.45) is 0 Å². The van der Waals surface area contributed by atoms with Crippen molar-refractivity contribution >= 4 is 33.7 Å². The van der Waals surface area contributed by atoms with Crippen molar-refractivity contribution in [3.05, 3.63) is 88.6 Å². The first-order valence-electron chi connectivity index (χ1n) is 9.27. The van der Waals surface area contributed by atoms with Crippen LogP contribution in [0.4, 0.5) is 0 Å². The van der Waals surface area contributed by atoms with Gasteiger partial charge in [0.05, 0.1) is 11.0 Å². The van der Waals surface area contributed by atoms with Crippen LogP contribution in [0.15, 0.2) is 77.6 Å². The molecule has 3 N–H and O–H groups in total. The fourth-order valence-corrected chi connectivity index (χ4v) is 3.55. The number of hydrogen-bond donors (Lipinski definition) is 3. The summed E-state index contributed by atoms with van der Waals surface area (Å²) in [5.41, 5.74) is 1.40. The van der Waals surface area contributed by atoms with Crippen molar-refractivity contribution in [1.82, 2.24) is 9.88 Å². The predicted molar refractivity (Wildman–Crippen MR) is 112 cm³/mol. The second-order valence-corrected chi connectivity index (χ2v) is 6.88. The van der Waals surface area contributed by atoms with Gasteiger partial charge < -0.3 is 20.1 Å². The molecular weight excluding hydrogens is 384 g/mol. The molecule has 1 aromatic heterocycles. The molecule has 0 aliphatic heterocycles. The summed E-state index contributed by atoms with van der Waals surface area (Å²) in [5.74, 6) is -1.74. The van der Waals surface area contributed by atoms with Crippen molar-refractivity contribution in [3.63, 3.8) is 0 Å². The Morgan fingerprint density at radius 2 is 1.40 bits per heavy atom. The number of carboxylic acids is 1. The van der Waals surface area contributed by atoms with Gasteiger partial charge in [-0.2, -0.15) is 0 Å². The number of phenols is 1. The van der Waals surface area contributed by atoms with Gasteiger partial charge in [-0.15, -0.1) is 0 Å². The monoisotopic (exact) mass is 402 g/mol. The highest BCUT2D eigenvalue weighted by molar-refractivity contribution is 5.95. The molecule has 0 aliphatic rings. The van der Waals surface area contributed by atoms with Crippen LogP contribution >= 0.6 is 0 Å². The summed E-state index contributed by atoms with van der Waals surface area (Å²) in [5, 5.41) is 22.5. The van der Waals surface area contributed by atoms with Crippen LogP contribution < -0.4 is 10.7 Å². The summed E-state index contributed by atoms with van der Waals surface area (Å²) in [6, 6.07) is 18.3. The maximum Gasteiger partial charge on any atom is 0.330 e. The summed E-state index contributed by atoms with van der Waals surface area (Å²) in [4.78, 5) is 37.3. The number of para-hydroxylation sites is 2. The number of hydrogen-bond acceptors (Lipinski definition) is 4. The fraction of sp³-hybridized carbons (Fsp3) is 0.0870. The van der Waals surface area contributed by atoms with Gasteiger partial charge in [-0.1, -0.05) is 36.4 Å². The molecular formula is C23H18N2O5. The van der Waals surface area contributed by atoms with E-state index in [2.05, 4.69) is 5.32 Å². The third kappa shape index (κ3) is 3.48. The number of phenolic OH excluding ortho intramolecular Hbond substituents is 1. The zero-order valence-corrected chi connectivity index (χ0v) is 15.8. The predicted octanol–water partition coefficient (Wildman–Crippen LogP) is 2.80. The van der Waals surface area contributed by atoms with Crippen LogP contribution in [-0.2, 0) is 16.1 Å². The Kier molecular flexibility index (Phi) is 4.93. The molecule has 1 heterocycles. The standard InChI is InChI=1S/C23H18N2O5/c26-15-11-9-14(10-12-15)21(23(29)30)24-20(27)13-25-18-7-3-1-5-16(18)22(28)17-6-2-4-8-19(17)25/h1-12,21,26H,13H2,(H,24,27)(H,29,30). The number of carboxylic acid groups (broad SMARTS) is 1. The lowest BCUT2D eigenvalue weighted by Crippen LogP contribution is -2.36. The highest BCUT2D eigenvalue weighted by Crippen LogP contribution is 2.20. The molecule has 3 aromatic carbocycles. The molecule has 0 bridgehead atoms. The largest absolute Gasteiger partial charge is 0.508 e. The SMILES string of the molecule is O=C(Cn1c2ccccc2c(=O)c2ccccc21)NC(C(=O)O)c1ccc(O)cc1. The number of nitrogens with zero attached hydrogens (tertiary/aromatic N) is 1. The molecule has 7 nitrogen and oxygen atoms in total. The Morgan fingerprint density at radius 1 is 0.867 bits per heavy atom. The van der Waals surface area contributed by atoms with Crippen LogP contribution in [0, 0.1) is 0 Å². The molecule has 150 valence electrons. The number of aromatic hydroxyl groups is 1. The lowest BCUT2D eigenvalue weighted by atomic mass is 10.1. The van der Waals surface area contributed by atoms with Gasteiger partial charge in [-0.25, -0.2) is 4.79 Å². The van der Waals surface area contributed by atoms with Gasteiger partial charge >= 0.3 is 5.97 Å². The number of carbonyl (C=O) groups is 2. The quantitative estimate of drug-likeness (QED) is 0.445. The van der Waals surface area contributed by atoms with E-state index in [1.807, 2.05) is 0 Å². The minimum absolute atomic E-state index is 0.000383. The molecule has 30 heavy (non-hydrogen) atoms. The van der Waals surface area contributed by atoms with Crippen LogP contribution in [0.2, 0.25) is 0 Å². The molecule has 0 saturated carbocycles. The van der Waals surface area contributed by atoms with Crippen LogP contribution in [0.1, 0.15) is 11.6 Å². The van der Waals surface area contributed by atoms with E-state index in [9.17, 15) is 24.6 Å². The maximum atomic E-state index is 12.8. The summed E-state index contributed by atoms with van der Waals surface area (Å²) >= 11 is 0. The maximum absolute atomic E-state index is 12.8. The number of amides is 1. The first-order valence-corrected chi connectivity index (χ1v) is 9.27. The Labute approximate surface area is 170 Å². The molecule has 0 aliphatic carbocycles. The summed E-state index contributed by atoms with van der Waals surface area (Å²) in [7, 11) is 0. The number of aromatic nitrogens is 1. The highest BCUT2D eigenvalue weighted by atomic mass is 16.4. The van der Waals surface area contributed by atoms with Gasteiger partial charge in [0.15, 0.2) is 11.5 Å². The molecule has 1 unspecified atom stereocenters. The van der Waals surface area contributed by atoms with Crippen molar-refractivity contribution in [2.75, 3.05) is 0 Å². The number of nitrogens with one attached hydrogen (secondary N) is 1. The van der Waals surface area contributed by atoms with Gasteiger partial charge in [0, 0.05) is 10.8 Å². The molecule has 4 rings (SSSR count). The van der Waals surface area contributed by atoms with E-state index < -0.39 is 17.9 Å². The Balaban J connectivity index is 1.73. The van der Waals surface area contributed by atoms with Gasteiger partial charge in [0.2, 0.25) is 5.91 Å². The summed E-state index contributed by atoms with van der Waals surface area (Å²) in [6.45, 7) is -0.164. The molecule has 1 amide bonds. The third-order valence-corrected chi connectivity index (χ3v) is 4.96. The minimum Gasteiger partial charge on any atom is -0.508 e. The van der Waals surface area contributed by atoms with E-state index >= 15 is 0 Å². The van der Waals surface area contributed by atoms with E-state index in [0.29, 0.717) is 27.4 Å². The van der Waals surface area contributed by atoms with Crippen LogP contribution in [0.5, 0.6) is 5.75 Å². The van der Waals surface area contributed by atoms with Crippen molar-refractivity contribution in [2.45, 2.75) is 12.6 Å². The lowest BCUT2D eigenvalue weighted by Gasteiger charge is -2.18. The first kappa shape index (κ1) is 19.2. The number of rotatable bonds is 5. The molecule has 7 heteroatoms. The van der Waals surface area contributed by atoms with Crippen LogP contribution in [-0.4, -0.2) is 26.7 Å². The second-order valence-electron chi connectivity index (χ2n) is 6.88. The highest BCUT2D eigenvalue weighted by Gasteiger charge is 2.23. The number of benzene rings is 3. The molecule has 4 aromatic rings. The van der Waals surface area contributed by atoms with Crippen LogP contribution in [0.3, 0.4) is 0 Å². The number of aliphatic carboxylic acids is 1. The normalized spacial score (nSPS) is 12.0. The number of carbonyl (C=O) groups excluding carboxylic acids is 1. The number of pyridine rings is 1. The lowest BCUT2D eigenvalue weighted by molar-refractivity contribution is -0.142. The number of fused-ring (bicyclic) bond motifs is 2. The zero-order chi connectivity index (χ0) is 21.3. The van der Waals surface area contributed by atoms with Crippen molar-refractivity contribution in [3.8, 4) is 5.75 Å². The van der Waals surface area contributed by atoms with E-state index in [1.165, 1.54) is 24.3 Å².